The van der Waals surface area contributed by atoms with Crippen LogP contribution in [-0.4, -0.2) is 70.0 Å². The minimum Gasteiger partial charge on any atom is -0.394 e. The van der Waals surface area contributed by atoms with Gasteiger partial charge in [0.25, 0.3) is 0 Å². The Morgan fingerprint density at radius 3 is 2.48 bits per heavy atom. The first kappa shape index (κ1) is 16.2. The topological polar surface area (TPSA) is 208 Å². The maximum atomic E-state index is 11.2. The van der Waals surface area contributed by atoms with Crippen LogP contribution < -0.4 is 11.3 Å². The van der Waals surface area contributed by atoms with E-state index >= 15 is 0 Å². The van der Waals surface area contributed by atoms with E-state index in [1.165, 1.54) is 0 Å². The fourth-order valence-corrected chi connectivity index (χ4v) is 2.78. The van der Waals surface area contributed by atoms with E-state index in [1.54, 1.807) is 0 Å². The molecule has 0 aliphatic carbocycles. The van der Waals surface area contributed by atoms with Crippen molar-refractivity contribution in [2.24, 2.45) is 0 Å². The van der Waals surface area contributed by atoms with Gasteiger partial charge in [-0.25, -0.2) is 15.0 Å². The van der Waals surface area contributed by atoms with Crippen molar-refractivity contribution in [2.75, 3.05) is 12.3 Å². The van der Waals surface area contributed by atoms with Gasteiger partial charge in [-0.05, 0) is 0 Å². The van der Waals surface area contributed by atoms with Crippen molar-refractivity contribution in [3.05, 3.63) is 5.82 Å². The van der Waals surface area contributed by atoms with Crippen LogP contribution >= 0.6 is 7.60 Å². The van der Waals surface area contributed by atoms with Crippen molar-refractivity contribution < 1.29 is 34.4 Å². The van der Waals surface area contributed by atoms with Gasteiger partial charge in [-0.1, -0.05) is 0 Å². The highest BCUT2D eigenvalue weighted by Gasteiger charge is 2.44. The Balaban J connectivity index is 2.05. The van der Waals surface area contributed by atoms with Gasteiger partial charge in [0.15, 0.2) is 17.3 Å². The molecule has 12 nitrogen and oxygen atoms in total. The van der Waals surface area contributed by atoms with Gasteiger partial charge in [0.2, 0.25) is 5.57 Å². The van der Waals surface area contributed by atoms with E-state index in [4.69, 9.17) is 25.4 Å². The third kappa shape index (κ3) is 2.70. The van der Waals surface area contributed by atoms with E-state index in [-0.39, 0.29) is 22.8 Å². The Morgan fingerprint density at radius 2 is 1.91 bits per heavy atom. The monoisotopic (exact) mass is 347 g/mol. The number of H-pyrrole nitrogens is 1. The van der Waals surface area contributed by atoms with Crippen molar-refractivity contribution in [3.8, 4) is 0 Å². The molecule has 1 aliphatic heterocycles. The summed E-state index contributed by atoms with van der Waals surface area (Å²) in [5.41, 5.74) is 4.99. The number of nitrogen functional groups attached to an aromatic ring is 1. The number of aromatic nitrogens is 4. The van der Waals surface area contributed by atoms with E-state index in [1.807, 2.05) is 0 Å². The van der Waals surface area contributed by atoms with Crippen molar-refractivity contribution in [1.82, 2.24) is 19.9 Å². The van der Waals surface area contributed by atoms with Gasteiger partial charge in [0.1, 0.15) is 29.9 Å². The Kier molecular flexibility index (Phi) is 3.84. The summed E-state index contributed by atoms with van der Waals surface area (Å²) in [4.78, 5) is 32.1. The van der Waals surface area contributed by atoms with Crippen molar-refractivity contribution in [1.29, 1.82) is 0 Å². The SMILES string of the molecule is Nc1nc(C2O[C@H](CO)[C@@H](O)[C@H]2O)nc2nc(P(=O)(O)O)[nH]c12. The van der Waals surface area contributed by atoms with Gasteiger partial charge in [-0.15, -0.1) is 0 Å². The van der Waals surface area contributed by atoms with Gasteiger partial charge < -0.3 is 40.6 Å². The van der Waals surface area contributed by atoms with E-state index in [9.17, 15) is 14.8 Å². The van der Waals surface area contributed by atoms with E-state index in [0.717, 1.165) is 0 Å². The average molecular weight is 347 g/mol. The van der Waals surface area contributed by atoms with Gasteiger partial charge in [0, 0.05) is 0 Å². The van der Waals surface area contributed by atoms with E-state index in [2.05, 4.69) is 19.9 Å². The molecule has 2 aromatic rings. The lowest BCUT2D eigenvalue weighted by Gasteiger charge is -2.13. The first-order chi connectivity index (χ1) is 10.7. The normalized spacial score (nSPS) is 28.6. The summed E-state index contributed by atoms with van der Waals surface area (Å²) in [6, 6.07) is 0. The number of nitrogens with zero attached hydrogens (tertiary/aromatic N) is 3. The van der Waals surface area contributed by atoms with Gasteiger partial charge >= 0.3 is 7.60 Å². The number of anilines is 1. The molecule has 4 atom stereocenters. The molecule has 0 aromatic carbocycles. The smallest absolute Gasteiger partial charge is 0.391 e. The van der Waals surface area contributed by atoms with Crippen molar-refractivity contribution in [2.45, 2.75) is 24.4 Å². The summed E-state index contributed by atoms with van der Waals surface area (Å²) in [6.07, 6.45) is -4.91. The Hall–Kier alpha value is -1.66. The summed E-state index contributed by atoms with van der Waals surface area (Å²) < 4.78 is 16.5. The molecule has 2 aromatic heterocycles. The molecule has 1 saturated heterocycles. The Bertz CT molecular complexity index is 791. The number of aliphatic hydroxyl groups excluding tert-OH is 3. The first-order valence-corrected chi connectivity index (χ1v) is 8.05. The third-order valence-electron chi connectivity index (χ3n) is 3.46. The predicted molar refractivity (Wildman–Crippen MR) is 74.5 cm³/mol. The summed E-state index contributed by atoms with van der Waals surface area (Å²) in [7, 11) is -4.63. The lowest BCUT2D eigenvalue weighted by atomic mass is 10.1. The van der Waals surface area contributed by atoms with Crippen LogP contribution in [0.25, 0.3) is 11.2 Å². The first-order valence-electron chi connectivity index (χ1n) is 6.44. The van der Waals surface area contributed by atoms with Crippen LogP contribution in [0, 0.1) is 0 Å². The lowest BCUT2D eigenvalue weighted by Crippen LogP contribution is -2.32. The van der Waals surface area contributed by atoms with Crippen LogP contribution in [0.4, 0.5) is 5.82 Å². The zero-order chi connectivity index (χ0) is 16.9. The summed E-state index contributed by atoms with van der Waals surface area (Å²) in [5.74, 6) is -0.281. The molecule has 3 heterocycles. The molecule has 126 valence electrons. The maximum Gasteiger partial charge on any atom is 0.391 e. The molecular formula is C10H14N5O7P. The van der Waals surface area contributed by atoms with Gasteiger partial charge in [-0.2, -0.15) is 0 Å². The lowest BCUT2D eigenvalue weighted by molar-refractivity contribution is -0.0251. The average Bonchev–Trinajstić information content (AvgIpc) is 3.02. The number of fused-ring (bicyclic) bond motifs is 1. The van der Waals surface area contributed by atoms with Crippen LogP contribution in [0.5, 0.6) is 0 Å². The molecule has 0 amide bonds. The zero-order valence-electron chi connectivity index (χ0n) is 11.4. The fraction of sp³-hybridized carbons (Fsp3) is 0.500. The minimum atomic E-state index is -4.63. The standard InChI is InChI=1S/C10H14N5O7P/c11-7-3-8(15-10(12-3)23(19,20)21)14-9(13-7)6-5(18)4(17)2(1-16)22-6/h2,4-6,16-18H,1H2,(H2,19,20,21)(H3,11,12,13,14,15)/t2-,4-,5-,6?/m1/s1. The molecule has 1 aliphatic rings. The summed E-state index contributed by atoms with van der Waals surface area (Å²) in [5, 5.41) is 28.8. The maximum absolute atomic E-state index is 11.2. The molecule has 0 spiro atoms. The van der Waals surface area contributed by atoms with Crippen LogP contribution in [0.2, 0.25) is 0 Å². The van der Waals surface area contributed by atoms with Crippen molar-refractivity contribution >= 4 is 30.1 Å². The minimum absolute atomic E-state index is 0.0267. The van der Waals surface area contributed by atoms with Crippen molar-refractivity contribution in [3.63, 3.8) is 0 Å². The fourth-order valence-electron chi connectivity index (χ4n) is 2.30. The van der Waals surface area contributed by atoms with Crippen LogP contribution in [0.15, 0.2) is 0 Å². The molecule has 23 heavy (non-hydrogen) atoms. The molecule has 0 bridgehead atoms. The molecule has 8 N–H and O–H groups in total. The predicted octanol–water partition coefficient (Wildman–Crippen LogP) is -3.11. The number of rotatable bonds is 3. The highest BCUT2D eigenvalue weighted by atomic mass is 31.2. The Morgan fingerprint density at radius 1 is 1.22 bits per heavy atom. The van der Waals surface area contributed by atoms with E-state index < -0.39 is 44.2 Å². The quantitative estimate of drug-likeness (QED) is 0.276. The second-order valence-corrected chi connectivity index (χ2v) is 6.54. The summed E-state index contributed by atoms with van der Waals surface area (Å²) >= 11 is 0. The number of nitrogens with two attached hydrogens (primary N) is 1. The molecular weight excluding hydrogens is 333 g/mol. The number of aliphatic hydroxyl groups is 3. The molecule has 1 fully saturated rings. The highest BCUT2D eigenvalue weighted by Crippen LogP contribution is 2.35. The number of aromatic amines is 1. The number of nitrogens with one attached hydrogen (secondary N) is 1. The second kappa shape index (κ2) is 5.46. The van der Waals surface area contributed by atoms with Crippen LogP contribution in [0.1, 0.15) is 11.9 Å². The number of hydrogen-bond acceptors (Lipinski definition) is 9. The molecule has 1 unspecified atom stereocenters. The second-order valence-electron chi connectivity index (χ2n) is 5.03. The highest BCUT2D eigenvalue weighted by molar-refractivity contribution is 7.59. The number of imidazole rings is 1. The van der Waals surface area contributed by atoms with Crippen LogP contribution in [0.3, 0.4) is 0 Å². The Labute approximate surface area is 128 Å². The number of ether oxygens (including phenoxy) is 1. The molecule has 13 heteroatoms. The van der Waals surface area contributed by atoms with Gasteiger partial charge in [-0.3, -0.25) is 4.57 Å². The summed E-state index contributed by atoms with van der Waals surface area (Å²) in [6.45, 7) is -0.517. The van der Waals surface area contributed by atoms with Crippen LogP contribution in [-0.2, 0) is 9.30 Å². The largest absolute Gasteiger partial charge is 0.394 e. The molecule has 0 radical (unpaired) electrons. The number of hydrogen-bond donors (Lipinski definition) is 7. The van der Waals surface area contributed by atoms with Gasteiger partial charge in [0.05, 0.1) is 6.61 Å². The molecule has 0 saturated carbocycles. The molecule has 3 rings (SSSR count). The third-order valence-corrected chi connectivity index (χ3v) is 4.22. The zero-order valence-corrected chi connectivity index (χ0v) is 12.3. The van der Waals surface area contributed by atoms with E-state index in [0.29, 0.717) is 0 Å².